The number of rotatable bonds is 10. The van der Waals surface area contributed by atoms with Gasteiger partial charge in [0.25, 0.3) is 0 Å². The molecular formula is C23H29N3O4. The number of carbonyl (C=O) groups is 2. The van der Waals surface area contributed by atoms with Crippen LogP contribution in [0.5, 0.6) is 11.5 Å². The van der Waals surface area contributed by atoms with E-state index < -0.39 is 0 Å². The number of aryl methyl sites for hydroxylation is 1. The first-order valence-electron chi connectivity index (χ1n) is 10.0. The van der Waals surface area contributed by atoms with Crippen LogP contribution in [0.2, 0.25) is 0 Å². The van der Waals surface area contributed by atoms with Crippen LogP contribution in [-0.2, 0) is 9.59 Å². The SMILES string of the molecule is CCOc1ccc(C=NNC(=O)CCC(=O)Nc2cccc(C)c2C)cc1OCC. The minimum Gasteiger partial charge on any atom is -0.490 e. The van der Waals surface area contributed by atoms with E-state index in [1.54, 1.807) is 12.1 Å². The normalized spacial score (nSPS) is 10.7. The highest BCUT2D eigenvalue weighted by molar-refractivity contribution is 5.94. The van der Waals surface area contributed by atoms with E-state index in [0.29, 0.717) is 24.7 Å². The quantitative estimate of drug-likeness (QED) is 0.457. The maximum absolute atomic E-state index is 12.1. The lowest BCUT2D eigenvalue weighted by Gasteiger charge is -2.11. The van der Waals surface area contributed by atoms with Crippen molar-refractivity contribution in [1.82, 2.24) is 5.43 Å². The van der Waals surface area contributed by atoms with E-state index in [0.717, 1.165) is 22.4 Å². The number of hydrogen-bond acceptors (Lipinski definition) is 5. The Kier molecular flexibility index (Phi) is 8.87. The van der Waals surface area contributed by atoms with Gasteiger partial charge in [-0.25, -0.2) is 5.43 Å². The standard InChI is InChI=1S/C23H29N3O4/c1-5-29-20-11-10-18(14-21(20)30-6-2)15-24-26-23(28)13-12-22(27)25-19-9-7-8-16(3)17(19)4/h7-11,14-15H,5-6,12-13H2,1-4H3,(H,25,27)(H,26,28). The van der Waals surface area contributed by atoms with E-state index in [4.69, 9.17) is 9.47 Å². The zero-order valence-electron chi connectivity index (χ0n) is 18.0. The maximum atomic E-state index is 12.1. The summed E-state index contributed by atoms with van der Waals surface area (Å²) in [6.07, 6.45) is 1.64. The van der Waals surface area contributed by atoms with Gasteiger partial charge in [-0.05, 0) is 68.7 Å². The molecule has 0 unspecified atom stereocenters. The first-order chi connectivity index (χ1) is 14.4. The fourth-order valence-corrected chi connectivity index (χ4v) is 2.71. The molecular weight excluding hydrogens is 382 g/mol. The van der Waals surface area contributed by atoms with Crippen LogP contribution in [-0.4, -0.2) is 31.2 Å². The molecule has 2 N–H and O–H groups in total. The lowest BCUT2D eigenvalue weighted by molar-refractivity contribution is -0.124. The molecule has 160 valence electrons. The highest BCUT2D eigenvalue weighted by Gasteiger charge is 2.09. The Hall–Kier alpha value is -3.35. The average Bonchev–Trinajstić information content (AvgIpc) is 2.72. The van der Waals surface area contributed by atoms with E-state index >= 15 is 0 Å². The number of amides is 2. The molecule has 0 spiro atoms. The van der Waals surface area contributed by atoms with Crippen molar-refractivity contribution >= 4 is 23.7 Å². The molecule has 0 heterocycles. The van der Waals surface area contributed by atoms with E-state index in [2.05, 4.69) is 15.8 Å². The molecule has 2 amide bonds. The number of benzene rings is 2. The van der Waals surface area contributed by atoms with E-state index in [1.165, 1.54) is 6.21 Å². The predicted octanol–water partition coefficient (Wildman–Crippen LogP) is 3.97. The number of nitrogens with zero attached hydrogens (tertiary/aromatic N) is 1. The van der Waals surface area contributed by atoms with Gasteiger partial charge in [-0.2, -0.15) is 5.10 Å². The van der Waals surface area contributed by atoms with Crippen molar-refractivity contribution in [3.63, 3.8) is 0 Å². The van der Waals surface area contributed by atoms with E-state index in [9.17, 15) is 9.59 Å². The minimum absolute atomic E-state index is 0.0432. The molecule has 0 atom stereocenters. The summed E-state index contributed by atoms with van der Waals surface area (Å²) in [6, 6.07) is 11.1. The van der Waals surface area contributed by atoms with Crippen LogP contribution in [0.4, 0.5) is 5.69 Å². The second-order valence-corrected chi connectivity index (χ2v) is 6.66. The molecule has 0 saturated carbocycles. The second kappa shape index (κ2) is 11.6. The summed E-state index contributed by atoms with van der Waals surface area (Å²) in [5, 5.41) is 6.79. The van der Waals surface area contributed by atoms with Crippen LogP contribution in [0.3, 0.4) is 0 Å². The summed E-state index contributed by atoms with van der Waals surface area (Å²) in [6.45, 7) is 8.79. The molecule has 0 aliphatic rings. The van der Waals surface area contributed by atoms with Crippen molar-refractivity contribution in [3.05, 3.63) is 53.1 Å². The molecule has 30 heavy (non-hydrogen) atoms. The molecule has 2 aromatic rings. The van der Waals surface area contributed by atoms with Gasteiger partial charge in [0.05, 0.1) is 19.4 Å². The molecule has 2 aromatic carbocycles. The number of anilines is 1. The topological polar surface area (TPSA) is 89.0 Å². The number of hydrogen-bond donors (Lipinski definition) is 2. The molecule has 0 bridgehead atoms. The highest BCUT2D eigenvalue weighted by Crippen LogP contribution is 2.28. The number of carbonyl (C=O) groups excluding carboxylic acids is 2. The molecule has 0 aromatic heterocycles. The first-order valence-corrected chi connectivity index (χ1v) is 10.0. The van der Waals surface area contributed by atoms with Gasteiger partial charge in [-0.3, -0.25) is 9.59 Å². The Morgan fingerprint density at radius 2 is 1.67 bits per heavy atom. The molecule has 0 radical (unpaired) electrons. The van der Waals surface area contributed by atoms with Crippen LogP contribution >= 0.6 is 0 Å². The lowest BCUT2D eigenvalue weighted by atomic mass is 10.1. The zero-order chi connectivity index (χ0) is 21.9. The summed E-state index contributed by atoms with van der Waals surface area (Å²) >= 11 is 0. The third-order valence-corrected chi connectivity index (χ3v) is 4.43. The van der Waals surface area contributed by atoms with Crippen LogP contribution in [0.15, 0.2) is 41.5 Å². The van der Waals surface area contributed by atoms with Crippen molar-refractivity contribution in [1.29, 1.82) is 0 Å². The Morgan fingerprint density at radius 3 is 2.40 bits per heavy atom. The smallest absolute Gasteiger partial charge is 0.240 e. The molecule has 7 nitrogen and oxygen atoms in total. The second-order valence-electron chi connectivity index (χ2n) is 6.66. The Balaban J connectivity index is 1.84. The molecule has 7 heteroatoms. The van der Waals surface area contributed by atoms with E-state index in [1.807, 2.05) is 52.0 Å². The monoisotopic (exact) mass is 411 g/mol. The average molecular weight is 412 g/mol. The van der Waals surface area contributed by atoms with Crippen LogP contribution in [0.1, 0.15) is 43.4 Å². The Bertz CT molecular complexity index is 909. The highest BCUT2D eigenvalue weighted by atomic mass is 16.5. The minimum atomic E-state index is -0.335. The summed E-state index contributed by atoms with van der Waals surface area (Å²) < 4.78 is 11.1. The molecule has 0 saturated heterocycles. The van der Waals surface area contributed by atoms with Gasteiger partial charge in [0.1, 0.15) is 0 Å². The molecule has 0 aliphatic heterocycles. The van der Waals surface area contributed by atoms with Crippen molar-refractivity contribution in [2.75, 3.05) is 18.5 Å². The summed E-state index contributed by atoms with van der Waals surface area (Å²) in [5.41, 5.74) is 6.08. The van der Waals surface area contributed by atoms with Gasteiger partial charge >= 0.3 is 0 Å². The van der Waals surface area contributed by atoms with Crippen LogP contribution < -0.4 is 20.2 Å². The molecule has 0 aliphatic carbocycles. The fourth-order valence-electron chi connectivity index (χ4n) is 2.71. The number of hydrazone groups is 1. The fraction of sp³-hybridized carbons (Fsp3) is 0.348. The van der Waals surface area contributed by atoms with Gasteiger partial charge in [-0.1, -0.05) is 12.1 Å². The summed E-state index contributed by atoms with van der Waals surface area (Å²) in [7, 11) is 0. The summed E-state index contributed by atoms with van der Waals surface area (Å²) in [4.78, 5) is 24.1. The molecule has 0 fully saturated rings. The Morgan fingerprint density at radius 1 is 0.967 bits per heavy atom. The van der Waals surface area contributed by atoms with Crippen LogP contribution in [0.25, 0.3) is 0 Å². The van der Waals surface area contributed by atoms with Crippen molar-refractivity contribution < 1.29 is 19.1 Å². The first kappa shape index (κ1) is 22.9. The van der Waals surface area contributed by atoms with Gasteiger partial charge in [0, 0.05) is 18.5 Å². The predicted molar refractivity (Wildman–Crippen MR) is 118 cm³/mol. The van der Waals surface area contributed by atoms with Gasteiger partial charge in [0.2, 0.25) is 11.8 Å². The van der Waals surface area contributed by atoms with Gasteiger partial charge < -0.3 is 14.8 Å². The van der Waals surface area contributed by atoms with Crippen molar-refractivity contribution in [2.45, 2.75) is 40.5 Å². The number of nitrogens with one attached hydrogen (secondary N) is 2. The largest absolute Gasteiger partial charge is 0.490 e. The third kappa shape index (κ3) is 6.92. The maximum Gasteiger partial charge on any atom is 0.240 e. The van der Waals surface area contributed by atoms with Crippen LogP contribution in [0, 0.1) is 13.8 Å². The van der Waals surface area contributed by atoms with Gasteiger partial charge in [-0.15, -0.1) is 0 Å². The number of ether oxygens (including phenoxy) is 2. The lowest BCUT2D eigenvalue weighted by Crippen LogP contribution is -2.21. The zero-order valence-corrected chi connectivity index (χ0v) is 18.0. The molecule has 2 rings (SSSR count). The van der Waals surface area contributed by atoms with Crippen molar-refractivity contribution in [3.8, 4) is 11.5 Å². The third-order valence-electron chi connectivity index (χ3n) is 4.43. The van der Waals surface area contributed by atoms with Gasteiger partial charge in [0.15, 0.2) is 11.5 Å². The van der Waals surface area contributed by atoms with E-state index in [-0.39, 0.29) is 24.7 Å². The summed E-state index contributed by atoms with van der Waals surface area (Å²) in [5.74, 6) is 0.738. The van der Waals surface area contributed by atoms with Crippen molar-refractivity contribution in [2.24, 2.45) is 5.10 Å². The Labute approximate surface area is 177 Å².